The Hall–Kier alpha value is -2.44. The normalized spacial score (nSPS) is 18.4. The fourth-order valence-electron chi connectivity index (χ4n) is 4.42. The number of carbonyl (C=O) groups excluding carboxylic acids is 1. The third-order valence-electron chi connectivity index (χ3n) is 6.14. The molecule has 30 heavy (non-hydrogen) atoms. The SMILES string of the molecule is CC(C)C(=O)N1CCCc2cc([C@@H](O)CN3CCN(c4ccccn4)CC3)ccc21. The molecule has 1 aromatic carbocycles. The number of amides is 1. The first-order valence-corrected chi connectivity index (χ1v) is 11.0. The molecule has 6 nitrogen and oxygen atoms in total. The van der Waals surface area contributed by atoms with Crippen molar-refractivity contribution >= 4 is 17.4 Å². The summed E-state index contributed by atoms with van der Waals surface area (Å²) in [6, 6.07) is 12.1. The van der Waals surface area contributed by atoms with Gasteiger partial charge in [0.25, 0.3) is 0 Å². The molecule has 1 N–H and O–H groups in total. The second-order valence-electron chi connectivity index (χ2n) is 8.63. The largest absolute Gasteiger partial charge is 0.387 e. The van der Waals surface area contributed by atoms with Crippen LogP contribution < -0.4 is 9.80 Å². The van der Waals surface area contributed by atoms with Crippen LogP contribution in [0.1, 0.15) is 37.5 Å². The predicted molar refractivity (Wildman–Crippen MR) is 120 cm³/mol. The molecule has 3 heterocycles. The van der Waals surface area contributed by atoms with Crippen molar-refractivity contribution in [2.24, 2.45) is 5.92 Å². The van der Waals surface area contributed by atoms with Crippen molar-refractivity contribution in [2.75, 3.05) is 49.1 Å². The van der Waals surface area contributed by atoms with Crippen LogP contribution in [0.15, 0.2) is 42.6 Å². The van der Waals surface area contributed by atoms with Gasteiger partial charge in [0.15, 0.2) is 0 Å². The van der Waals surface area contributed by atoms with Crippen LogP contribution in [0.4, 0.5) is 11.5 Å². The minimum atomic E-state index is -0.520. The third-order valence-corrected chi connectivity index (χ3v) is 6.14. The summed E-state index contributed by atoms with van der Waals surface area (Å²) in [4.78, 5) is 23.5. The molecule has 2 aromatic rings. The number of piperazine rings is 1. The Morgan fingerprint density at radius 2 is 1.90 bits per heavy atom. The van der Waals surface area contributed by atoms with E-state index in [9.17, 15) is 9.90 Å². The van der Waals surface area contributed by atoms with Crippen LogP contribution in [0.2, 0.25) is 0 Å². The lowest BCUT2D eigenvalue weighted by Gasteiger charge is -2.36. The number of anilines is 2. The zero-order valence-electron chi connectivity index (χ0n) is 18.0. The highest BCUT2D eigenvalue weighted by atomic mass is 16.3. The maximum absolute atomic E-state index is 12.5. The van der Waals surface area contributed by atoms with E-state index < -0.39 is 6.10 Å². The first-order valence-electron chi connectivity index (χ1n) is 11.0. The Bertz CT molecular complexity index is 863. The Morgan fingerprint density at radius 1 is 1.10 bits per heavy atom. The second kappa shape index (κ2) is 9.14. The quantitative estimate of drug-likeness (QED) is 0.824. The van der Waals surface area contributed by atoms with Gasteiger partial charge in [-0.25, -0.2) is 4.98 Å². The summed E-state index contributed by atoms with van der Waals surface area (Å²) >= 11 is 0. The number of rotatable bonds is 5. The van der Waals surface area contributed by atoms with Crippen molar-refractivity contribution in [3.8, 4) is 0 Å². The minimum absolute atomic E-state index is 0.00836. The van der Waals surface area contributed by atoms with Gasteiger partial charge in [-0.3, -0.25) is 9.69 Å². The molecule has 0 spiro atoms. The predicted octanol–water partition coefficient (Wildman–Crippen LogP) is 2.87. The molecular formula is C24H32N4O2. The van der Waals surface area contributed by atoms with Crippen LogP contribution in [0.5, 0.6) is 0 Å². The van der Waals surface area contributed by atoms with Crippen molar-refractivity contribution in [1.29, 1.82) is 0 Å². The lowest BCUT2D eigenvalue weighted by molar-refractivity contribution is -0.121. The van der Waals surface area contributed by atoms with Gasteiger partial charge in [-0.15, -0.1) is 0 Å². The number of hydrogen-bond acceptors (Lipinski definition) is 5. The summed E-state index contributed by atoms with van der Waals surface area (Å²) in [6.45, 7) is 8.96. The molecule has 0 saturated carbocycles. The Kier molecular flexibility index (Phi) is 6.35. The molecule has 2 aliphatic rings. The lowest BCUT2D eigenvalue weighted by atomic mass is 9.96. The smallest absolute Gasteiger partial charge is 0.229 e. The molecular weight excluding hydrogens is 376 g/mol. The standard InChI is InChI=1S/C24H32N4O2/c1-18(2)24(30)28-11-5-6-19-16-20(8-9-21(19)28)22(29)17-26-12-14-27(15-13-26)23-7-3-4-10-25-23/h3-4,7-10,16,18,22,29H,5-6,11-15,17H2,1-2H3/t22-/m0/s1. The Balaban J connectivity index is 1.38. The van der Waals surface area contributed by atoms with Gasteiger partial charge in [-0.05, 0) is 42.2 Å². The lowest BCUT2D eigenvalue weighted by Crippen LogP contribution is -2.47. The average Bonchev–Trinajstić information content (AvgIpc) is 2.78. The summed E-state index contributed by atoms with van der Waals surface area (Å²) in [6.07, 6.45) is 3.24. The summed E-state index contributed by atoms with van der Waals surface area (Å²) in [5.74, 6) is 1.19. The van der Waals surface area contributed by atoms with Crippen molar-refractivity contribution < 1.29 is 9.90 Å². The molecule has 1 saturated heterocycles. The molecule has 4 rings (SSSR count). The van der Waals surface area contributed by atoms with Crippen LogP contribution in [0, 0.1) is 5.92 Å². The second-order valence-corrected chi connectivity index (χ2v) is 8.63. The maximum atomic E-state index is 12.5. The monoisotopic (exact) mass is 408 g/mol. The molecule has 0 unspecified atom stereocenters. The van der Waals surface area contributed by atoms with Crippen molar-refractivity contribution in [3.05, 3.63) is 53.7 Å². The molecule has 1 atom stereocenters. The number of pyridine rings is 1. The third kappa shape index (κ3) is 4.50. The van der Waals surface area contributed by atoms with E-state index >= 15 is 0 Å². The molecule has 2 aliphatic heterocycles. The highest BCUT2D eigenvalue weighted by Gasteiger charge is 2.26. The van der Waals surface area contributed by atoms with Gasteiger partial charge in [0.1, 0.15) is 5.82 Å². The maximum Gasteiger partial charge on any atom is 0.229 e. The van der Waals surface area contributed by atoms with Crippen LogP contribution in [0.3, 0.4) is 0 Å². The first kappa shape index (κ1) is 20.8. The van der Waals surface area contributed by atoms with E-state index in [4.69, 9.17) is 0 Å². The van der Waals surface area contributed by atoms with E-state index in [1.807, 2.05) is 55.3 Å². The summed E-state index contributed by atoms with van der Waals surface area (Å²) in [5.41, 5.74) is 3.13. The fourth-order valence-corrected chi connectivity index (χ4v) is 4.42. The minimum Gasteiger partial charge on any atom is -0.387 e. The van der Waals surface area contributed by atoms with Crippen molar-refractivity contribution in [1.82, 2.24) is 9.88 Å². The van der Waals surface area contributed by atoms with E-state index in [0.29, 0.717) is 6.54 Å². The average molecular weight is 409 g/mol. The number of nitrogens with zero attached hydrogens (tertiary/aromatic N) is 4. The molecule has 0 aliphatic carbocycles. The number of benzene rings is 1. The fraction of sp³-hybridized carbons (Fsp3) is 0.500. The number of aryl methyl sites for hydroxylation is 1. The van der Waals surface area contributed by atoms with Crippen molar-refractivity contribution in [3.63, 3.8) is 0 Å². The van der Waals surface area contributed by atoms with E-state index in [1.165, 1.54) is 5.56 Å². The van der Waals surface area contributed by atoms with Gasteiger partial charge < -0.3 is 14.9 Å². The van der Waals surface area contributed by atoms with E-state index in [-0.39, 0.29) is 11.8 Å². The molecule has 1 amide bonds. The van der Waals surface area contributed by atoms with E-state index in [0.717, 1.165) is 62.6 Å². The topological polar surface area (TPSA) is 59.9 Å². The van der Waals surface area contributed by atoms with Crippen LogP contribution in [-0.4, -0.2) is 60.2 Å². The highest BCUT2D eigenvalue weighted by Crippen LogP contribution is 2.31. The van der Waals surface area contributed by atoms with Gasteiger partial charge >= 0.3 is 0 Å². The van der Waals surface area contributed by atoms with Gasteiger partial charge in [0.2, 0.25) is 5.91 Å². The number of aromatic nitrogens is 1. The number of β-amino-alcohol motifs (C(OH)–C–C–N with tert-alkyl or cyclic N) is 1. The van der Waals surface area contributed by atoms with Crippen LogP contribution in [-0.2, 0) is 11.2 Å². The zero-order chi connectivity index (χ0) is 21.1. The first-order chi connectivity index (χ1) is 14.5. The van der Waals surface area contributed by atoms with Gasteiger partial charge in [0, 0.05) is 57.1 Å². The molecule has 0 bridgehead atoms. The van der Waals surface area contributed by atoms with E-state index in [2.05, 4.69) is 20.9 Å². The number of hydrogen-bond donors (Lipinski definition) is 1. The highest BCUT2D eigenvalue weighted by molar-refractivity contribution is 5.95. The summed E-state index contributed by atoms with van der Waals surface area (Å²) in [5, 5.41) is 10.9. The summed E-state index contributed by atoms with van der Waals surface area (Å²) < 4.78 is 0. The van der Waals surface area contributed by atoms with Crippen molar-refractivity contribution in [2.45, 2.75) is 32.8 Å². The number of carbonyl (C=O) groups is 1. The van der Waals surface area contributed by atoms with Crippen LogP contribution >= 0.6 is 0 Å². The van der Waals surface area contributed by atoms with Gasteiger partial charge in [0.05, 0.1) is 6.10 Å². The van der Waals surface area contributed by atoms with Crippen LogP contribution in [0.25, 0.3) is 0 Å². The Morgan fingerprint density at radius 3 is 2.60 bits per heavy atom. The summed E-state index contributed by atoms with van der Waals surface area (Å²) in [7, 11) is 0. The van der Waals surface area contributed by atoms with E-state index in [1.54, 1.807) is 0 Å². The molecule has 0 radical (unpaired) electrons. The number of fused-ring (bicyclic) bond motifs is 1. The Labute approximate surface area is 179 Å². The number of aliphatic hydroxyl groups is 1. The molecule has 1 aromatic heterocycles. The van der Waals surface area contributed by atoms with Gasteiger partial charge in [-0.2, -0.15) is 0 Å². The zero-order valence-corrected chi connectivity index (χ0v) is 18.0. The molecule has 1 fully saturated rings. The molecule has 160 valence electrons. The van der Waals surface area contributed by atoms with Gasteiger partial charge in [-0.1, -0.05) is 32.0 Å². The molecule has 6 heteroatoms. The number of aliphatic hydroxyl groups excluding tert-OH is 1.